The van der Waals surface area contributed by atoms with Gasteiger partial charge in [-0.1, -0.05) is 48.5 Å². The zero-order valence-corrected chi connectivity index (χ0v) is 17.5. The Morgan fingerprint density at radius 1 is 0.839 bits per heavy atom. The van der Waals surface area contributed by atoms with Crippen LogP contribution in [0.1, 0.15) is 25.6 Å². The molecular formula is C23H22FN3O3S. The van der Waals surface area contributed by atoms with Crippen LogP contribution in [0.4, 0.5) is 4.39 Å². The van der Waals surface area contributed by atoms with Gasteiger partial charge in [-0.25, -0.2) is 4.39 Å². The van der Waals surface area contributed by atoms with Crippen LogP contribution in [0.5, 0.6) is 0 Å². The van der Waals surface area contributed by atoms with Crippen molar-refractivity contribution >= 4 is 29.1 Å². The zero-order valence-electron chi connectivity index (χ0n) is 16.6. The summed E-state index contributed by atoms with van der Waals surface area (Å²) in [5, 5.41) is 9.85. The van der Waals surface area contributed by atoms with Gasteiger partial charge in [-0.05, 0) is 29.1 Å². The van der Waals surface area contributed by atoms with Crippen LogP contribution in [0.15, 0.2) is 72.1 Å². The normalized spacial score (nSPS) is 11.4. The molecule has 31 heavy (non-hydrogen) atoms. The summed E-state index contributed by atoms with van der Waals surface area (Å²) >= 11 is 1.29. The van der Waals surface area contributed by atoms with Crippen LogP contribution in [0, 0.1) is 5.82 Å². The predicted octanol–water partition coefficient (Wildman–Crippen LogP) is 2.77. The Labute approximate surface area is 183 Å². The smallest absolute Gasteiger partial charge is 0.262 e. The van der Waals surface area contributed by atoms with Crippen LogP contribution in [0.3, 0.4) is 0 Å². The average Bonchev–Trinajstić information content (AvgIpc) is 3.32. The lowest BCUT2D eigenvalue weighted by molar-refractivity contribution is -0.122. The summed E-state index contributed by atoms with van der Waals surface area (Å²) in [6, 6.07) is 17.7. The Morgan fingerprint density at radius 3 is 2.26 bits per heavy atom. The van der Waals surface area contributed by atoms with E-state index in [1.54, 1.807) is 23.6 Å². The number of hydrogen-bond donors (Lipinski definition) is 3. The highest BCUT2D eigenvalue weighted by atomic mass is 32.1. The second kappa shape index (κ2) is 11.0. The predicted molar refractivity (Wildman–Crippen MR) is 117 cm³/mol. The Bertz CT molecular complexity index is 1030. The van der Waals surface area contributed by atoms with Gasteiger partial charge in [0, 0.05) is 19.5 Å². The van der Waals surface area contributed by atoms with E-state index in [9.17, 15) is 18.8 Å². The molecule has 0 saturated carbocycles. The maximum Gasteiger partial charge on any atom is 0.262 e. The van der Waals surface area contributed by atoms with Gasteiger partial charge in [0.15, 0.2) is 0 Å². The minimum atomic E-state index is -0.778. The van der Waals surface area contributed by atoms with Crippen LogP contribution in [0.2, 0.25) is 0 Å². The van der Waals surface area contributed by atoms with Crippen LogP contribution in [0.25, 0.3) is 0 Å². The number of thiophene rings is 1. The van der Waals surface area contributed by atoms with Crippen molar-refractivity contribution in [2.45, 2.75) is 12.5 Å². The van der Waals surface area contributed by atoms with E-state index in [-0.39, 0.29) is 30.5 Å². The van der Waals surface area contributed by atoms with Crippen molar-refractivity contribution in [2.75, 3.05) is 13.1 Å². The Balaban J connectivity index is 1.55. The van der Waals surface area contributed by atoms with E-state index < -0.39 is 17.8 Å². The maximum atomic E-state index is 13.7. The average molecular weight is 440 g/mol. The number of nitrogens with one attached hydrogen (secondary N) is 3. The minimum Gasteiger partial charge on any atom is -0.353 e. The van der Waals surface area contributed by atoms with Crippen LogP contribution < -0.4 is 16.0 Å². The van der Waals surface area contributed by atoms with Gasteiger partial charge in [0.2, 0.25) is 5.91 Å². The fourth-order valence-corrected chi connectivity index (χ4v) is 3.55. The Kier molecular flexibility index (Phi) is 7.89. The van der Waals surface area contributed by atoms with E-state index in [2.05, 4.69) is 16.0 Å². The van der Waals surface area contributed by atoms with Gasteiger partial charge < -0.3 is 16.0 Å². The highest BCUT2D eigenvalue weighted by Gasteiger charge is 2.22. The SMILES string of the molecule is O=C(NC(Cc1ccccc1)C(=O)NCCNC(=O)c1ccccc1F)c1cccs1. The van der Waals surface area contributed by atoms with Crippen molar-refractivity contribution in [3.8, 4) is 0 Å². The Morgan fingerprint density at radius 2 is 1.55 bits per heavy atom. The molecule has 6 nitrogen and oxygen atoms in total. The second-order valence-electron chi connectivity index (χ2n) is 6.72. The molecule has 2 aromatic carbocycles. The monoisotopic (exact) mass is 439 g/mol. The van der Waals surface area contributed by atoms with Crippen LogP contribution in [-0.4, -0.2) is 36.9 Å². The van der Waals surface area contributed by atoms with Gasteiger partial charge >= 0.3 is 0 Å². The van der Waals surface area contributed by atoms with Gasteiger partial charge in [-0.2, -0.15) is 0 Å². The van der Waals surface area contributed by atoms with Gasteiger partial charge in [0.05, 0.1) is 10.4 Å². The third-order valence-electron chi connectivity index (χ3n) is 4.48. The summed E-state index contributed by atoms with van der Waals surface area (Å²) in [5.41, 5.74) is 0.848. The van der Waals surface area contributed by atoms with Crippen molar-refractivity contribution in [3.05, 3.63) is 93.9 Å². The number of hydrogen-bond acceptors (Lipinski definition) is 4. The Hall–Kier alpha value is -3.52. The summed E-state index contributed by atoms with van der Waals surface area (Å²) in [7, 11) is 0. The standard InChI is InChI=1S/C23H22FN3O3S/c24-18-10-5-4-9-17(18)21(28)25-12-13-26-22(29)19(15-16-7-2-1-3-8-16)27-23(30)20-11-6-14-31-20/h1-11,14,19H,12-13,15H2,(H,25,28)(H,26,29)(H,27,30). The molecule has 1 unspecified atom stereocenters. The molecule has 0 aliphatic heterocycles. The van der Waals surface area contributed by atoms with Crippen molar-refractivity contribution in [3.63, 3.8) is 0 Å². The van der Waals surface area contributed by atoms with Crippen LogP contribution in [-0.2, 0) is 11.2 Å². The molecule has 3 aromatic rings. The first kappa shape index (κ1) is 22.2. The number of carbonyl (C=O) groups is 3. The highest BCUT2D eigenvalue weighted by molar-refractivity contribution is 7.12. The molecule has 0 fully saturated rings. The van der Waals surface area contributed by atoms with Crippen molar-refractivity contribution in [2.24, 2.45) is 0 Å². The lowest BCUT2D eigenvalue weighted by atomic mass is 10.1. The summed E-state index contributed by atoms with van der Waals surface area (Å²) in [4.78, 5) is 37.7. The van der Waals surface area contributed by atoms with Gasteiger partial charge in [-0.3, -0.25) is 14.4 Å². The molecule has 0 bridgehead atoms. The van der Waals surface area contributed by atoms with E-state index in [1.807, 2.05) is 30.3 Å². The summed E-state index contributed by atoms with van der Waals surface area (Å²) in [6.07, 6.45) is 0.325. The molecule has 0 aliphatic rings. The molecule has 8 heteroatoms. The molecule has 1 aromatic heterocycles. The fraction of sp³-hybridized carbons (Fsp3) is 0.174. The van der Waals surface area contributed by atoms with E-state index in [1.165, 1.54) is 29.5 Å². The summed E-state index contributed by atoms with van der Waals surface area (Å²) < 4.78 is 13.7. The molecule has 3 N–H and O–H groups in total. The molecule has 0 spiro atoms. The molecule has 0 saturated heterocycles. The third-order valence-corrected chi connectivity index (χ3v) is 5.35. The molecule has 3 rings (SSSR count). The number of amides is 3. The minimum absolute atomic E-state index is 0.0565. The van der Waals surface area contributed by atoms with Crippen molar-refractivity contribution in [1.82, 2.24) is 16.0 Å². The summed E-state index contributed by atoms with van der Waals surface area (Å²) in [5.74, 6) is -1.85. The topological polar surface area (TPSA) is 87.3 Å². The lowest BCUT2D eigenvalue weighted by Crippen LogP contribution is -2.49. The first-order valence-corrected chi connectivity index (χ1v) is 10.6. The number of benzene rings is 2. The van der Waals surface area contributed by atoms with E-state index >= 15 is 0 Å². The largest absolute Gasteiger partial charge is 0.353 e. The quantitative estimate of drug-likeness (QED) is 0.448. The number of halogens is 1. The molecule has 160 valence electrons. The van der Waals surface area contributed by atoms with Gasteiger partial charge in [0.25, 0.3) is 11.8 Å². The summed E-state index contributed by atoms with van der Waals surface area (Å²) in [6.45, 7) is 0.259. The lowest BCUT2D eigenvalue weighted by Gasteiger charge is -2.18. The molecular weight excluding hydrogens is 417 g/mol. The first-order valence-electron chi connectivity index (χ1n) is 9.73. The molecule has 0 radical (unpaired) electrons. The highest BCUT2D eigenvalue weighted by Crippen LogP contribution is 2.10. The third kappa shape index (κ3) is 6.48. The van der Waals surface area contributed by atoms with E-state index in [4.69, 9.17) is 0 Å². The van der Waals surface area contributed by atoms with Gasteiger partial charge in [-0.15, -0.1) is 11.3 Å². The first-order chi connectivity index (χ1) is 15.0. The van der Waals surface area contributed by atoms with E-state index in [0.29, 0.717) is 11.3 Å². The second-order valence-corrected chi connectivity index (χ2v) is 7.67. The van der Waals surface area contributed by atoms with Gasteiger partial charge in [0.1, 0.15) is 11.9 Å². The number of carbonyl (C=O) groups excluding carboxylic acids is 3. The molecule has 1 atom stereocenters. The fourth-order valence-electron chi connectivity index (χ4n) is 2.92. The van der Waals surface area contributed by atoms with Crippen LogP contribution >= 0.6 is 11.3 Å². The molecule has 3 amide bonds. The number of rotatable bonds is 9. The van der Waals surface area contributed by atoms with Crippen molar-refractivity contribution < 1.29 is 18.8 Å². The molecule has 1 heterocycles. The zero-order chi connectivity index (χ0) is 22.1. The molecule has 0 aliphatic carbocycles. The van der Waals surface area contributed by atoms with E-state index in [0.717, 1.165) is 5.56 Å². The van der Waals surface area contributed by atoms with Crippen molar-refractivity contribution in [1.29, 1.82) is 0 Å². The maximum absolute atomic E-state index is 13.7.